The largest absolute Gasteiger partial charge is 0.495 e. The molecule has 0 fully saturated rings. The summed E-state index contributed by atoms with van der Waals surface area (Å²) in [5, 5.41) is 3.70. The van der Waals surface area contributed by atoms with Gasteiger partial charge in [-0.05, 0) is 48.2 Å². The van der Waals surface area contributed by atoms with Gasteiger partial charge in [0.25, 0.3) is 0 Å². The van der Waals surface area contributed by atoms with Gasteiger partial charge in [-0.3, -0.25) is 13.9 Å². The maximum absolute atomic E-state index is 13.9. The second-order valence-electron chi connectivity index (χ2n) is 9.87. The zero-order valence-electron chi connectivity index (χ0n) is 24.1. The number of nitrogens with zero attached hydrogens (tertiary/aromatic N) is 2. The van der Waals surface area contributed by atoms with Crippen molar-refractivity contribution in [1.29, 1.82) is 0 Å². The van der Waals surface area contributed by atoms with E-state index in [1.807, 2.05) is 49.4 Å². The van der Waals surface area contributed by atoms with Gasteiger partial charge in [0.05, 0.1) is 24.1 Å². The van der Waals surface area contributed by atoms with Gasteiger partial charge in [0, 0.05) is 37.5 Å². The van der Waals surface area contributed by atoms with E-state index in [0.29, 0.717) is 35.0 Å². The minimum absolute atomic E-state index is 0.00665. The number of anilines is 1. The summed E-state index contributed by atoms with van der Waals surface area (Å²) >= 11 is 12.7. The first-order chi connectivity index (χ1) is 20.0. The van der Waals surface area contributed by atoms with Crippen LogP contribution in [0.1, 0.15) is 37.3 Å². The van der Waals surface area contributed by atoms with Gasteiger partial charge in [0.15, 0.2) is 0 Å². The second kappa shape index (κ2) is 15.8. The van der Waals surface area contributed by atoms with Gasteiger partial charge >= 0.3 is 0 Å². The first-order valence-corrected chi connectivity index (χ1v) is 16.3. The maximum Gasteiger partial charge on any atom is 0.243 e. The van der Waals surface area contributed by atoms with Crippen LogP contribution in [-0.4, -0.2) is 57.6 Å². The Morgan fingerprint density at radius 3 is 2.29 bits per heavy atom. The number of benzene rings is 3. The van der Waals surface area contributed by atoms with Crippen LogP contribution >= 0.6 is 23.2 Å². The third-order valence-electron chi connectivity index (χ3n) is 6.69. The molecule has 1 N–H and O–H groups in total. The molecule has 0 bridgehead atoms. The Labute approximate surface area is 258 Å². The van der Waals surface area contributed by atoms with Crippen LogP contribution in [0.25, 0.3) is 0 Å². The minimum atomic E-state index is -3.68. The van der Waals surface area contributed by atoms with Crippen LogP contribution in [0.2, 0.25) is 10.0 Å². The van der Waals surface area contributed by atoms with E-state index in [-0.39, 0.29) is 42.8 Å². The lowest BCUT2D eigenvalue weighted by atomic mass is 10.0. The van der Waals surface area contributed by atoms with E-state index < -0.39 is 16.1 Å². The number of carbonyl (C=O) groups is 2. The van der Waals surface area contributed by atoms with Gasteiger partial charge in [0.1, 0.15) is 11.8 Å². The highest BCUT2D eigenvalue weighted by Gasteiger charge is 2.31. The Balaban J connectivity index is 1.88. The number of methoxy groups -OCH3 is 1. The fourth-order valence-corrected chi connectivity index (χ4v) is 5.95. The van der Waals surface area contributed by atoms with Gasteiger partial charge < -0.3 is 15.0 Å². The third-order valence-corrected chi connectivity index (χ3v) is 8.55. The lowest BCUT2D eigenvalue weighted by Crippen LogP contribution is -2.50. The summed E-state index contributed by atoms with van der Waals surface area (Å²) in [6.45, 7) is 2.60. The molecular weight excluding hydrogens is 597 g/mol. The van der Waals surface area contributed by atoms with E-state index in [2.05, 4.69) is 5.32 Å². The molecule has 0 radical (unpaired) electrons. The summed E-state index contributed by atoms with van der Waals surface area (Å²) in [6.07, 6.45) is 2.38. The molecule has 0 aliphatic carbocycles. The van der Waals surface area contributed by atoms with Crippen molar-refractivity contribution in [2.24, 2.45) is 0 Å². The monoisotopic (exact) mass is 633 g/mol. The summed E-state index contributed by atoms with van der Waals surface area (Å²) in [6, 6.07) is 20.6. The van der Waals surface area contributed by atoms with Crippen LogP contribution < -0.4 is 14.4 Å². The summed E-state index contributed by atoms with van der Waals surface area (Å²) in [4.78, 5) is 28.9. The summed E-state index contributed by atoms with van der Waals surface area (Å²) in [7, 11) is -2.21. The molecule has 1 atom stereocenters. The molecule has 42 heavy (non-hydrogen) atoms. The Morgan fingerprint density at radius 2 is 1.67 bits per heavy atom. The summed E-state index contributed by atoms with van der Waals surface area (Å²) < 4.78 is 31.7. The average Bonchev–Trinajstić information content (AvgIpc) is 2.96. The van der Waals surface area contributed by atoms with Crippen molar-refractivity contribution < 1.29 is 22.7 Å². The lowest BCUT2D eigenvalue weighted by molar-refractivity contribution is -0.141. The molecule has 0 saturated heterocycles. The van der Waals surface area contributed by atoms with E-state index in [1.165, 1.54) is 17.5 Å². The molecule has 0 aromatic heterocycles. The van der Waals surface area contributed by atoms with E-state index in [9.17, 15) is 18.0 Å². The lowest BCUT2D eigenvalue weighted by Gasteiger charge is -2.32. The van der Waals surface area contributed by atoms with Crippen molar-refractivity contribution in [2.75, 3.05) is 30.8 Å². The van der Waals surface area contributed by atoms with Crippen molar-refractivity contribution in [3.8, 4) is 5.75 Å². The minimum Gasteiger partial charge on any atom is -0.495 e. The molecular formula is C31H37Cl2N3O5S. The smallest absolute Gasteiger partial charge is 0.243 e. The molecule has 3 aromatic rings. The first-order valence-electron chi connectivity index (χ1n) is 13.7. The fraction of sp³-hybridized carbons (Fsp3) is 0.355. The number of hydrogen-bond donors (Lipinski definition) is 1. The van der Waals surface area contributed by atoms with Crippen LogP contribution in [0.3, 0.4) is 0 Å². The van der Waals surface area contributed by atoms with Crippen LogP contribution in [0, 0.1) is 0 Å². The summed E-state index contributed by atoms with van der Waals surface area (Å²) in [5.41, 5.74) is 1.98. The van der Waals surface area contributed by atoms with Crippen LogP contribution in [-0.2, 0) is 32.6 Å². The zero-order valence-corrected chi connectivity index (χ0v) is 26.4. The van der Waals surface area contributed by atoms with Crippen LogP contribution in [0.4, 0.5) is 5.69 Å². The SMILES string of the molecule is CCCNC(=O)C(Cc1ccccc1)N(Cc1ccccc1Cl)C(=O)CCCN(c1ccc(OC)c(Cl)c1)S(C)(=O)=O. The zero-order chi connectivity index (χ0) is 30.7. The van der Waals surface area contributed by atoms with Gasteiger partial charge in [-0.25, -0.2) is 8.42 Å². The summed E-state index contributed by atoms with van der Waals surface area (Å²) in [5.74, 6) is -0.125. The van der Waals surface area contributed by atoms with Crippen molar-refractivity contribution in [2.45, 2.75) is 45.2 Å². The van der Waals surface area contributed by atoms with Crippen molar-refractivity contribution in [1.82, 2.24) is 10.2 Å². The fourth-order valence-electron chi connectivity index (χ4n) is 4.54. The van der Waals surface area contributed by atoms with Crippen LogP contribution in [0.5, 0.6) is 5.75 Å². The number of nitrogens with one attached hydrogen (secondary N) is 1. The molecule has 0 heterocycles. The molecule has 226 valence electrons. The highest BCUT2D eigenvalue weighted by atomic mass is 35.5. The van der Waals surface area contributed by atoms with E-state index in [4.69, 9.17) is 27.9 Å². The molecule has 1 unspecified atom stereocenters. The number of ether oxygens (including phenoxy) is 1. The number of sulfonamides is 1. The first kappa shape index (κ1) is 33.2. The molecule has 11 heteroatoms. The number of halogens is 2. The molecule has 3 rings (SSSR count). The highest BCUT2D eigenvalue weighted by Crippen LogP contribution is 2.30. The third kappa shape index (κ3) is 9.37. The molecule has 3 aromatic carbocycles. The number of rotatable bonds is 15. The molecule has 0 aliphatic heterocycles. The van der Waals surface area contributed by atoms with E-state index >= 15 is 0 Å². The standard InChI is InChI=1S/C31H37Cl2N3O5S/c1-4-18-34-31(38)28(20-23-11-6-5-7-12-23)35(22-24-13-8-9-14-26(24)32)30(37)15-10-19-36(42(3,39)40)25-16-17-29(41-2)27(33)21-25/h5-9,11-14,16-17,21,28H,4,10,15,18-20,22H2,1-3H3,(H,34,38). The molecule has 0 spiro atoms. The normalized spacial score (nSPS) is 11.9. The molecule has 2 amide bonds. The second-order valence-corrected chi connectivity index (χ2v) is 12.6. The van der Waals surface area contributed by atoms with Crippen molar-refractivity contribution >= 4 is 50.7 Å². The van der Waals surface area contributed by atoms with E-state index in [0.717, 1.165) is 18.2 Å². The Kier molecular flexibility index (Phi) is 12.5. The van der Waals surface area contributed by atoms with Gasteiger partial charge in [-0.1, -0.05) is 78.7 Å². The average molecular weight is 635 g/mol. The van der Waals surface area contributed by atoms with E-state index in [1.54, 1.807) is 29.2 Å². The maximum atomic E-state index is 13.9. The quantitative estimate of drug-likeness (QED) is 0.231. The van der Waals surface area contributed by atoms with Gasteiger partial charge in [0.2, 0.25) is 21.8 Å². The predicted molar refractivity (Wildman–Crippen MR) is 169 cm³/mol. The van der Waals surface area contributed by atoms with Gasteiger partial charge in [-0.15, -0.1) is 0 Å². The number of carbonyl (C=O) groups excluding carboxylic acids is 2. The topological polar surface area (TPSA) is 96.0 Å². The van der Waals surface area contributed by atoms with Crippen molar-refractivity contribution in [3.05, 3.63) is 94.0 Å². The number of hydrogen-bond acceptors (Lipinski definition) is 5. The molecule has 8 nitrogen and oxygen atoms in total. The Bertz CT molecular complexity index is 1450. The van der Waals surface area contributed by atoms with Crippen LogP contribution in [0.15, 0.2) is 72.8 Å². The highest BCUT2D eigenvalue weighted by molar-refractivity contribution is 7.92. The molecule has 0 saturated carbocycles. The predicted octanol–water partition coefficient (Wildman–Crippen LogP) is 5.71. The Hall–Kier alpha value is -3.27. The molecule has 0 aliphatic rings. The Morgan fingerprint density at radius 1 is 0.976 bits per heavy atom. The van der Waals surface area contributed by atoms with Gasteiger partial charge in [-0.2, -0.15) is 0 Å². The number of amides is 2. The van der Waals surface area contributed by atoms with Crippen molar-refractivity contribution in [3.63, 3.8) is 0 Å².